The minimum atomic E-state index is -0.459. The summed E-state index contributed by atoms with van der Waals surface area (Å²) in [5.74, 6) is 0.107. The number of fused-ring (bicyclic) bond motifs is 3. The summed E-state index contributed by atoms with van der Waals surface area (Å²) in [6, 6.07) is 1.49. The summed E-state index contributed by atoms with van der Waals surface area (Å²) in [7, 11) is 0. The van der Waals surface area contributed by atoms with Crippen LogP contribution < -0.4 is 4.74 Å². The van der Waals surface area contributed by atoms with Crippen molar-refractivity contribution in [3.8, 4) is 11.5 Å². The number of aromatic hydroxyl groups is 1. The zero-order chi connectivity index (χ0) is 12.2. The van der Waals surface area contributed by atoms with Crippen LogP contribution in [0.25, 0.3) is 0 Å². The van der Waals surface area contributed by atoms with Crippen LogP contribution in [0.1, 0.15) is 28.4 Å². The summed E-state index contributed by atoms with van der Waals surface area (Å²) < 4.78 is 10.6. The van der Waals surface area contributed by atoms with E-state index in [9.17, 15) is 9.90 Å². The van der Waals surface area contributed by atoms with Gasteiger partial charge < -0.3 is 14.6 Å². The highest BCUT2D eigenvalue weighted by Crippen LogP contribution is 2.42. The Hall–Kier alpha value is -1.97. The molecule has 88 valence electrons. The summed E-state index contributed by atoms with van der Waals surface area (Å²) in [6.07, 6.45) is 0.607. The average Bonchev–Trinajstić information content (AvgIpc) is 2.82. The Bertz CT molecular complexity index is 545. The molecule has 0 bridgehead atoms. The van der Waals surface area contributed by atoms with E-state index in [1.165, 1.54) is 6.07 Å². The van der Waals surface area contributed by atoms with E-state index in [2.05, 4.69) is 6.58 Å². The SMILES string of the molecule is C=C(C)[C@@H]1Cc2c(cc(O)c3c2COC3=O)O1. The van der Waals surface area contributed by atoms with Gasteiger partial charge in [-0.05, 0) is 12.5 Å². The van der Waals surface area contributed by atoms with E-state index in [-0.39, 0.29) is 24.0 Å². The lowest BCUT2D eigenvalue weighted by Gasteiger charge is -2.09. The fourth-order valence-corrected chi connectivity index (χ4v) is 2.32. The van der Waals surface area contributed by atoms with E-state index in [0.717, 1.165) is 16.7 Å². The summed E-state index contributed by atoms with van der Waals surface area (Å²) in [5, 5.41) is 9.79. The number of phenols is 1. The Kier molecular flexibility index (Phi) is 1.96. The molecule has 0 aromatic heterocycles. The molecule has 0 radical (unpaired) electrons. The lowest BCUT2D eigenvalue weighted by atomic mass is 9.97. The number of cyclic esters (lactones) is 1. The van der Waals surface area contributed by atoms with Crippen molar-refractivity contribution in [2.45, 2.75) is 26.1 Å². The van der Waals surface area contributed by atoms with Crippen molar-refractivity contribution in [3.05, 3.63) is 34.9 Å². The molecule has 0 amide bonds. The van der Waals surface area contributed by atoms with Crippen molar-refractivity contribution in [1.82, 2.24) is 0 Å². The van der Waals surface area contributed by atoms with Gasteiger partial charge in [-0.3, -0.25) is 0 Å². The molecule has 0 fully saturated rings. The molecule has 2 heterocycles. The predicted octanol–water partition coefficient (Wildman–Crippen LogP) is 1.94. The summed E-state index contributed by atoms with van der Waals surface area (Å²) in [4.78, 5) is 11.5. The molecular weight excluding hydrogens is 220 g/mol. The fourth-order valence-electron chi connectivity index (χ4n) is 2.32. The van der Waals surface area contributed by atoms with E-state index in [1.54, 1.807) is 0 Å². The minimum Gasteiger partial charge on any atom is -0.507 e. The Morgan fingerprint density at radius 1 is 1.53 bits per heavy atom. The number of hydrogen-bond acceptors (Lipinski definition) is 4. The Morgan fingerprint density at radius 2 is 2.29 bits per heavy atom. The molecule has 1 aromatic carbocycles. The summed E-state index contributed by atoms with van der Waals surface area (Å²) >= 11 is 0. The third kappa shape index (κ3) is 1.33. The van der Waals surface area contributed by atoms with Crippen LogP contribution in [-0.2, 0) is 17.8 Å². The molecule has 0 unspecified atom stereocenters. The summed E-state index contributed by atoms with van der Waals surface area (Å²) in [6.45, 7) is 5.99. The molecule has 4 heteroatoms. The molecule has 1 atom stereocenters. The fraction of sp³-hybridized carbons (Fsp3) is 0.308. The first kappa shape index (κ1) is 10.2. The van der Waals surface area contributed by atoms with E-state index < -0.39 is 5.97 Å². The molecule has 1 aromatic rings. The van der Waals surface area contributed by atoms with E-state index in [4.69, 9.17) is 9.47 Å². The number of benzene rings is 1. The van der Waals surface area contributed by atoms with Gasteiger partial charge >= 0.3 is 5.97 Å². The zero-order valence-corrected chi connectivity index (χ0v) is 9.45. The highest BCUT2D eigenvalue weighted by Gasteiger charge is 2.35. The van der Waals surface area contributed by atoms with Gasteiger partial charge in [0.25, 0.3) is 0 Å². The second kappa shape index (κ2) is 3.26. The van der Waals surface area contributed by atoms with Gasteiger partial charge in [-0.15, -0.1) is 0 Å². The van der Waals surface area contributed by atoms with Gasteiger partial charge in [0.15, 0.2) is 0 Å². The molecule has 1 N–H and O–H groups in total. The van der Waals surface area contributed by atoms with Crippen LogP contribution in [0.15, 0.2) is 18.2 Å². The van der Waals surface area contributed by atoms with E-state index in [1.807, 2.05) is 6.92 Å². The summed E-state index contributed by atoms with van der Waals surface area (Å²) in [5.41, 5.74) is 2.93. The monoisotopic (exact) mass is 232 g/mol. The highest BCUT2D eigenvalue weighted by molar-refractivity contribution is 5.97. The molecule has 0 spiro atoms. The maximum absolute atomic E-state index is 11.5. The van der Waals surface area contributed by atoms with Crippen molar-refractivity contribution in [2.75, 3.05) is 0 Å². The van der Waals surface area contributed by atoms with Gasteiger partial charge in [-0.2, -0.15) is 0 Å². The quantitative estimate of drug-likeness (QED) is 0.594. The zero-order valence-electron chi connectivity index (χ0n) is 9.45. The molecule has 3 rings (SSSR count). The maximum Gasteiger partial charge on any atom is 0.342 e. The average molecular weight is 232 g/mol. The third-order valence-electron chi connectivity index (χ3n) is 3.25. The Balaban J connectivity index is 2.13. The highest BCUT2D eigenvalue weighted by atomic mass is 16.5. The second-order valence-corrected chi connectivity index (χ2v) is 4.46. The van der Waals surface area contributed by atoms with Gasteiger partial charge in [0.05, 0.1) is 0 Å². The standard InChI is InChI=1S/C13H12O4/c1-6(2)10-3-7-8-5-16-13(15)12(8)9(14)4-11(7)17-10/h4,10,14H,1,3,5H2,2H3/t10-/m0/s1. The van der Waals surface area contributed by atoms with Crippen molar-refractivity contribution in [3.63, 3.8) is 0 Å². The van der Waals surface area contributed by atoms with Gasteiger partial charge in [0.2, 0.25) is 0 Å². The topological polar surface area (TPSA) is 55.8 Å². The van der Waals surface area contributed by atoms with Crippen LogP contribution in [-0.4, -0.2) is 17.2 Å². The largest absolute Gasteiger partial charge is 0.507 e. The Morgan fingerprint density at radius 3 is 3.00 bits per heavy atom. The van der Waals surface area contributed by atoms with E-state index >= 15 is 0 Å². The van der Waals surface area contributed by atoms with Crippen LogP contribution >= 0.6 is 0 Å². The van der Waals surface area contributed by atoms with Gasteiger partial charge in [-0.1, -0.05) is 6.58 Å². The number of carbonyl (C=O) groups excluding carboxylic acids is 1. The number of ether oxygens (including phenoxy) is 2. The molecule has 0 saturated carbocycles. The predicted molar refractivity (Wildman–Crippen MR) is 60.2 cm³/mol. The van der Waals surface area contributed by atoms with Crippen molar-refractivity contribution in [1.29, 1.82) is 0 Å². The number of esters is 1. The molecule has 2 aliphatic rings. The molecule has 0 saturated heterocycles. The van der Waals surface area contributed by atoms with Crippen LogP contribution in [0.5, 0.6) is 11.5 Å². The van der Waals surface area contributed by atoms with Crippen molar-refractivity contribution < 1.29 is 19.4 Å². The number of hydrogen-bond donors (Lipinski definition) is 1. The number of rotatable bonds is 1. The number of carbonyl (C=O) groups is 1. The molecule has 17 heavy (non-hydrogen) atoms. The van der Waals surface area contributed by atoms with Crippen LogP contribution in [0.3, 0.4) is 0 Å². The van der Waals surface area contributed by atoms with Gasteiger partial charge in [0, 0.05) is 23.6 Å². The first-order valence-electron chi connectivity index (χ1n) is 5.45. The van der Waals surface area contributed by atoms with Gasteiger partial charge in [-0.25, -0.2) is 4.79 Å². The van der Waals surface area contributed by atoms with Gasteiger partial charge in [0.1, 0.15) is 29.8 Å². The molecule has 4 nitrogen and oxygen atoms in total. The lowest BCUT2D eigenvalue weighted by molar-refractivity contribution is 0.0533. The Labute approximate surface area is 98.5 Å². The van der Waals surface area contributed by atoms with Crippen LogP contribution in [0.2, 0.25) is 0 Å². The molecule has 0 aliphatic carbocycles. The number of phenolic OH excluding ortho intramolecular Hbond substituents is 1. The van der Waals surface area contributed by atoms with Crippen LogP contribution in [0.4, 0.5) is 0 Å². The maximum atomic E-state index is 11.5. The van der Waals surface area contributed by atoms with Crippen molar-refractivity contribution in [2.24, 2.45) is 0 Å². The molecular formula is C13H12O4. The third-order valence-corrected chi connectivity index (χ3v) is 3.25. The first-order valence-corrected chi connectivity index (χ1v) is 5.45. The molecule has 2 aliphatic heterocycles. The minimum absolute atomic E-state index is 0.0661. The lowest BCUT2D eigenvalue weighted by Crippen LogP contribution is -2.13. The first-order chi connectivity index (χ1) is 8.08. The van der Waals surface area contributed by atoms with Crippen LogP contribution in [0, 0.1) is 0 Å². The smallest absolute Gasteiger partial charge is 0.342 e. The van der Waals surface area contributed by atoms with E-state index in [0.29, 0.717) is 12.2 Å². The van der Waals surface area contributed by atoms with Crippen molar-refractivity contribution >= 4 is 5.97 Å². The second-order valence-electron chi connectivity index (χ2n) is 4.46. The normalized spacial score (nSPS) is 20.5.